The highest BCUT2D eigenvalue weighted by Gasteiger charge is 2.57. The number of carbonyl (C=O) groups is 3. The van der Waals surface area contributed by atoms with Gasteiger partial charge in [0, 0.05) is 18.1 Å². The van der Waals surface area contributed by atoms with Crippen molar-refractivity contribution in [2.75, 3.05) is 13.7 Å². The fourth-order valence-corrected chi connectivity index (χ4v) is 5.36. The van der Waals surface area contributed by atoms with Gasteiger partial charge in [0.1, 0.15) is 17.3 Å². The van der Waals surface area contributed by atoms with Gasteiger partial charge in [0.05, 0.1) is 19.1 Å². The van der Waals surface area contributed by atoms with E-state index in [2.05, 4.69) is 0 Å². The molecule has 0 aliphatic heterocycles. The zero-order chi connectivity index (χ0) is 25.5. The van der Waals surface area contributed by atoms with Crippen LogP contribution in [0.4, 0.5) is 0 Å². The standard InChI is InChI=1S/C26H27NO8/c1-35-16-4-2-13(3-5-16)17-6-7-19(29)23-18(17)11-14-10-15(8-9-28)26(34,20(30)12-21(27)31)25(33)22(14)24(23)32/h2-7,14-15,28-29,32,34H,8-12H2,1H3,(H2,27,31)/t14-,15-,26-/m1/s1. The SMILES string of the molecule is COc1ccc(-c2ccc(O)c3c2C[C@H]2C[C@@H](CCO)[C@@](O)(C(=O)CC(N)=O)C(=O)C2=C3O)cc1. The van der Waals surface area contributed by atoms with Crippen LogP contribution in [0.15, 0.2) is 42.0 Å². The van der Waals surface area contributed by atoms with Crippen LogP contribution in [0.1, 0.15) is 30.4 Å². The van der Waals surface area contributed by atoms with Crippen LogP contribution < -0.4 is 10.5 Å². The number of fused-ring (bicyclic) bond motifs is 2. The van der Waals surface area contributed by atoms with Crippen molar-refractivity contribution < 1.29 is 39.5 Å². The highest BCUT2D eigenvalue weighted by Crippen LogP contribution is 2.50. The number of hydrogen-bond donors (Lipinski definition) is 5. The molecule has 0 aromatic heterocycles. The minimum atomic E-state index is -2.61. The van der Waals surface area contributed by atoms with Crippen molar-refractivity contribution in [3.8, 4) is 22.6 Å². The molecule has 2 aliphatic carbocycles. The first kappa shape index (κ1) is 24.4. The number of phenols is 1. The van der Waals surface area contributed by atoms with Gasteiger partial charge in [0.25, 0.3) is 0 Å². The lowest BCUT2D eigenvalue weighted by atomic mass is 9.61. The van der Waals surface area contributed by atoms with E-state index in [1.807, 2.05) is 12.1 Å². The average molecular weight is 482 g/mol. The number of phenolic OH excluding ortho intramolecular Hbond substituents is 1. The second-order valence-electron chi connectivity index (χ2n) is 8.98. The summed E-state index contributed by atoms with van der Waals surface area (Å²) in [6.45, 7) is -0.393. The molecule has 0 bridgehead atoms. The zero-order valence-electron chi connectivity index (χ0n) is 19.2. The number of aliphatic hydroxyl groups is 3. The fraction of sp³-hybridized carbons (Fsp3) is 0.346. The summed E-state index contributed by atoms with van der Waals surface area (Å²) in [6, 6.07) is 10.4. The van der Waals surface area contributed by atoms with E-state index in [1.165, 1.54) is 6.07 Å². The Balaban J connectivity index is 1.87. The Bertz CT molecular complexity index is 1230. The molecular formula is C26H27NO8. The van der Waals surface area contributed by atoms with Gasteiger partial charge in [0.15, 0.2) is 11.4 Å². The summed E-state index contributed by atoms with van der Waals surface area (Å²) < 4.78 is 5.21. The second-order valence-corrected chi connectivity index (χ2v) is 8.98. The molecule has 9 nitrogen and oxygen atoms in total. The Morgan fingerprint density at radius 1 is 1.14 bits per heavy atom. The van der Waals surface area contributed by atoms with E-state index in [9.17, 15) is 34.8 Å². The van der Waals surface area contributed by atoms with Crippen LogP contribution in [0.25, 0.3) is 16.9 Å². The Labute approximate surface area is 201 Å². The fourth-order valence-electron chi connectivity index (χ4n) is 5.36. The number of amides is 1. The largest absolute Gasteiger partial charge is 0.507 e. The van der Waals surface area contributed by atoms with Gasteiger partial charge in [-0.3, -0.25) is 14.4 Å². The molecule has 6 N–H and O–H groups in total. The van der Waals surface area contributed by atoms with Gasteiger partial charge in [-0.05, 0) is 60.1 Å². The molecule has 0 unspecified atom stereocenters. The summed E-state index contributed by atoms with van der Waals surface area (Å²) in [7, 11) is 1.56. The minimum absolute atomic E-state index is 0.0585. The van der Waals surface area contributed by atoms with E-state index < -0.39 is 53.7 Å². The van der Waals surface area contributed by atoms with Gasteiger partial charge in [-0.15, -0.1) is 0 Å². The molecule has 9 heteroatoms. The number of primary amides is 1. The smallest absolute Gasteiger partial charge is 0.225 e. The lowest BCUT2D eigenvalue weighted by Crippen LogP contribution is -2.59. The number of Topliss-reactive ketones (excluding diaryl/α,β-unsaturated/α-hetero) is 2. The van der Waals surface area contributed by atoms with Crippen LogP contribution in [0.5, 0.6) is 11.5 Å². The van der Waals surface area contributed by atoms with Crippen molar-refractivity contribution >= 4 is 23.2 Å². The Kier molecular flexibility index (Phi) is 6.40. The molecule has 1 saturated carbocycles. The van der Waals surface area contributed by atoms with E-state index in [-0.39, 0.29) is 36.1 Å². The molecular weight excluding hydrogens is 454 g/mol. The number of methoxy groups -OCH3 is 1. The van der Waals surface area contributed by atoms with E-state index in [0.29, 0.717) is 11.3 Å². The second kappa shape index (κ2) is 9.16. The summed E-state index contributed by atoms with van der Waals surface area (Å²) in [6.07, 6.45) is -0.566. The van der Waals surface area contributed by atoms with Crippen molar-refractivity contribution in [1.82, 2.24) is 0 Å². The Morgan fingerprint density at radius 2 is 1.83 bits per heavy atom. The van der Waals surface area contributed by atoms with E-state index in [1.54, 1.807) is 25.3 Å². The topological polar surface area (TPSA) is 167 Å². The third-order valence-electron chi connectivity index (χ3n) is 7.03. The maximum Gasteiger partial charge on any atom is 0.225 e. The normalized spacial score (nSPS) is 23.5. The molecule has 4 rings (SSSR count). The number of ketones is 2. The average Bonchev–Trinajstić information content (AvgIpc) is 2.82. The molecule has 2 aliphatic rings. The predicted octanol–water partition coefficient (Wildman–Crippen LogP) is 1.66. The molecule has 1 fully saturated rings. The first-order chi connectivity index (χ1) is 16.6. The van der Waals surface area contributed by atoms with Crippen molar-refractivity contribution in [1.29, 1.82) is 0 Å². The first-order valence-corrected chi connectivity index (χ1v) is 11.3. The maximum absolute atomic E-state index is 13.5. The summed E-state index contributed by atoms with van der Waals surface area (Å²) in [4.78, 5) is 37.7. The van der Waals surface area contributed by atoms with Crippen molar-refractivity contribution in [3.05, 3.63) is 53.1 Å². The van der Waals surface area contributed by atoms with Crippen molar-refractivity contribution in [2.24, 2.45) is 17.6 Å². The number of ether oxygens (including phenoxy) is 1. The molecule has 0 radical (unpaired) electrons. The van der Waals surface area contributed by atoms with Crippen LogP contribution >= 0.6 is 0 Å². The molecule has 2 aromatic rings. The quantitative estimate of drug-likeness (QED) is 0.372. The predicted molar refractivity (Wildman–Crippen MR) is 125 cm³/mol. The van der Waals surface area contributed by atoms with Gasteiger partial charge in [-0.1, -0.05) is 18.2 Å². The van der Waals surface area contributed by atoms with Crippen LogP contribution in [0.2, 0.25) is 0 Å². The van der Waals surface area contributed by atoms with Crippen molar-refractivity contribution in [3.63, 3.8) is 0 Å². The molecule has 0 saturated heterocycles. The van der Waals surface area contributed by atoms with Gasteiger partial charge in [-0.25, -0.2) is 0 Å². The van der Waals surface area contributed by atoms with Crippen molar-refractivity contribution in [2.45, 2.75) is 31.3 Å². The molecule has 3 atom stereocenters. The lowest BCUT2D eigenvalue weighted by Gasteiger charge is -2.43. The number of aromatic hydroxyl groups is 1. The van der Waals surface area contributed by atoms with E-state index in [0.717, 1.165) is 11.1 Å². The summed E-state index contributed by atoms with van der Waals surface area (Å²) >= 11 is 0. The summed E-state index contributed by atoms with van der Waals surface area (Å²) in [5, 5.41) is 42.6. The van der Waals surface area contributed by atoms with Gasteiger partial charge in [-0.2, -0.15) is 0 Å². The third kappa shape index (κ3) is 3.96. The Hall–Kier alpha value is -3.69. The van der Waals surface area contributed by atoms with Crippen LogP contribution in [0.3, 0.4) is 0 Å². The first-order valence-electron chi connectivity index (χ1n) is 11.3. The van der Waals surface area contributed by atoms with Gasteiger partial charge in [0.2, 0.25) is 11.7 Å². The third-order valence-corrected chi connectivity index (χ3v) is 7.03. The number of aliphatic hydroxyl groups excluding tert-OH is 2. The molecule has 184 valence electrons. The van der Waals surface area contributed by atoms with Gasteiger partial charge < -0.3 is 30.9 Å². The zero-order valence-corrected chi connectivity index (χ0v) is 19.2. The number of nitrogens with two attached hydrogens (primary N) is 1. The monoisotopic (exact) mass is 481 g/mol. The molecule has 1 amide bonds. The molecule has 2 aromatic carbocycles. The maximum atomic E-state index is 13.5. The highest BCUT2D eigenvalue weighted by molar-refractivity contribution is 6.23. The summed E-state index contributed by atoms with van der Waals surface area (Å²) in [5.74, 6) is -4.76. The van der Waals surface area contributed by atoms with Gasteiger partial charge >= 0.3 is 0 Å². The molecule has 35 heavy (non-hydrogen) atoms. The van der Waals surface area contributed by atoms with E-state index >= 15 is 0 Å². The Morgan fingerprint density at radius 3 is 2.43 bits per heavy atom. The molecule has 0 spiro atoms. The number of hydrogen-bond acceptors (Lipinski definition) is 8. The number of benzene rings is 2. The van der Waals surface area contributed by atoms with Crippen LogP contribution in [-0.4, -0.2) is 57.2 Å². The summed E-state index contributed by atoms with van der Waals surface area (Å²) in [5.41, 5.74) is 4.56. The number of carbonyl (C=O) groups excluding carboxylic acids is 3. The highest BCUT2D eigenvalue weighted by atomic mass is 16.5. The molecule has 0 heterocycles. The minimum Gasteiger partial charge on any atom is -0.507 e. The lowest BCUT2D eigenvalue weighted by molar-refractivity contribution is -0.159. The van der Waals surface area contributed by atoms with E-state index in [4.69, 9.17) is 10.5 Å². The van der Waals surface area contributed by atoms with Crippen LogP contribution in [-0.2, 0) is 20.8 Å². The van der Waals surface area contributed by atoms with Crippen LogP contribution in [0, 0.1) is 11.8 Å². The number of rotatable bonds is 7.